The molecule has 6 nitrogen and oxygen atoms in total. The Balaban J connectivity index is 2.32. The minimum atomic E-state index is -4.51. The maximum absolute atomic E-state index is 13.0. The lowest BCUT2D eigenvalue weighted by molar-refractivity contribution is -0.153. The number of alkyl halides is 3. The van der Waals surface area contributed by atoms with Crippen LogP contribution in [0.3, 0.4) is 0 Å². The third-order valence-electron chi connectivity index (χ3n) is 5.04. The highest BCUT2D eigenvalue weighted by molar-refractivity contribution is 9.10. The van der Waals surface area contributed by atoms with Crippen molar-refractivity contribution in [2.24, 2.45) is 5.92 Å². The maximum Gasteiger partial charge on any atom is 0.422 e. The fraction of sp³-hybridized carbons (Fsp3) is 0.571. The summed E-state index contributed by atoms with van der Waals surface area (Å²) in [7, 11) is 0. The second-order valence-electron chi connectivity index (χ2n) is 8.03. The second kappa shape index (κ2) is 10.0. The summed E-state index contributed by atoms with van der Waals surface area (Å²) in [6, 6.07) is 1.16. The molecule has 1 atom stereocenters. The average Bonchev–Trinajstić information content (AvgIpc) is 3.47. The lowest BCUT2D eigenvalue weighted by atomic mass is 9.87. The van der Waals surface area contributed by atoms with Gasteiger partial charge in [0, 0.05) is 24.9 Å². The van der Waals surface area contributed by atoms with Gasteiger partial charge in [0.15, 0.2) is 6.61 Å². The lowest BCUT2D eigenvalue weighted by Crippen LogP contribution is -2.52. The third-order valence-corrected chi connectivity index (χ3v) is 5.63. The van der Waals surface area contributed by atoms with E-state index in [-0.39, 0.29) is 21.8 Å². The molecule has 1 heterocycles. The molecule has 2 rings (SSSR count). The van der Waals surface area contributed by atoms with Crippen molar-refractivity contribution in [2.75, 3.05) is 6.61 Å². The van der Waals surface area contributed by atoms with E-state index in [0.29, 0.717) is 24.5 Å². The van der Waals surface area contributed by atoms with E-state index in [1.165, 1.54) is 13.1 Å². The Labute approximate surface area is 188 Å². The SMILES string of the molecule is CC/C(C)=C(/NC(C)=O)C(C)(CC1CC1)NC(=O)c1cc(OCC(F)(F)F)c(Br)cn1. The zero-order chi connectivity index (χ0) is 23.4. The highest BCUT2D eigenvalue weighted by atomic mass is 79.9. The molecule has 0 radical (unpaired) electrons. The molecule has 0 aromatic carbocycles. The van der Waals surface area contributed by atoms with Gasteiger partial charge in [-0.25, -0.2) is 4.98 Å². The highest BCUT2D eigenvalue weighted by Crippen LogP contribution is 2.40. The van der Waals surface area contributed by atoms with Gasteiger partial charge in [0.05, 0.1) is 10.0 Å². The molecule has 31 heavy (non-hydrogen) atoms. The molecule has 0 aliphatic heterocycles. The molecule has 0 bridgehead atoms. The molecule has 1 aliphatic rings. The van der Waals surface area contributed by atoms with E-state index >= 15 is 0 Å². The van der Waals surface area contributed by atoms with Gasteiger partial charge >= 0.3 is 6.18 Å². The standard InChI is InChI=1S/C21H27BrF3N3O3/c1-5-12(2)18(27-13(3)29)20(4,9-14-6-7-14)28-19(30)16-8-17(15(22)10-26-16)31-11-21(23,24)25/h8,10,14H,5-7,9,11H2,1-4H3,(H,27,29)(H,28,30)/b18-12+. The molecule has 1 saturated carbocycles. The van der Waals surface area contributed by atoms with Gasteiger partial charge in [-0.1, -0.05) is 25.3 Å². The third kappa shape index (κ3) is 7.52. The van der Waals surface area contributed by atoms with Gasteiger partial charge in [0.2, 0.25) is 5.91 Å². The minimum absolute atomic E-state index is 0.0845. The van der Waals surface area contributed by atoms with Gasteiger partial charge in [-0.15, -0.1) is 0 Å². The number of nitrogens with zero attached hydrogens (tertiary/aromatic N) is 1. The molecule has 172 valence electrons. The van der Waals surface area contributed by atoms with E-state index in [4.69, 9.17) is 4.74 Å². The number of nitrogens with one attached hydrogen (secondary N) is 2. The number of halogens is 4. The van der Waals surface area contributed by atoms with Gasteiger partial charge in [-0.3, -0.25) is 9.59 Å². The number of hydrogen-bond acceptors (Lipinski definition) is 4. The molecule has 10 heteroatoms. The van der Waals surface area contributed by atoms with Crippen LogP contribution in [0.4, 0.5) is 13.2 Å². The van der Waals surface area contributed by atoms with Crippen LogP contribution in [0.5, 0.6) is 5.75 Å². The number of allylic oxidation sites excluding steroid dienone is 1. The first-order valence-electron chi connectivity index (χ1n) is 10.00. The Kier molecular flexibility index (Phi) is 8.13. The summed E-state index contributed by atoms with van der Waals surface area (Å²) in [5, 5.41) is 5.82. The first-order chi connectivity index (χ1) is 14.3. The van der Waals surface area contributed by atoms with Crippen molar-refractivity contribution >= 4 is 27.7 Å². The Bertz CT molecular complexity index is 869. The number of pyridine rings is 1. The summed E-state index contributed by atoms with van der Waals surface area (Å²) in [5.41, 5.74) is 0.606. The molecule has 2 N–H and O–H groups in total. The number of amides is 2. The largest absolute Gasteiger partial charge is 0.483 e. The summed E-state index contributed by atoms with van der Waals surface area (Å²) in [6.45, 7) is 5.61. The zero-order valence-electron chi connectivity index (χ0n) is 18.0. The van der Waals surface area contributed by atoms with Crippen LogP contribution in [0, 0.1) is 5.92 Å². The summed E-state index contributed by atoms with van der Waals surface area (Å²) in [4.78, 5) is 28.9. The van der Waals surface area contributed by atoms with Gasteiger partial charge in [0.25, 0.3) is 5.91 Å². The Morgan fingerprint density at radius 2 is 1.94 bits per heavy atom. The number of aromatic nitrogens is 1. The minimum Gasteiger partial charge on any atom is -0.483 e. The topological polar surface area (TPSA) is 80.3 Å². The molecule has 0 spiro atoms. The van der Waals surface area contributed by atoms with Gasteiger partial charge in [0.1, 0.15) is 11.4 Å². The summed E-state index contributed by atoms with van der Waals surface area (Å²) in [6.07, 6.45) is 0.0909. The number of carbonyl (C=O) groups is 2. The van der Waals surface area contributed by atoms with Crippen LogP contribution >= 0.6 is 15.9 Å². The van der Waals surface area contributed by atoms with Crippen molar-refractivity contribution in [3.8, 4) is 5.75 Å². The molecule has 1 unspecified atom stereocenters. The van der Waals surface area contributed by atoms with Crippen LogP contribution in [0.2, 0.25) is 0 Å². The summed E-state index contributed by atoms with van der Waals surface area (Å²) >= 11 is 3.09. The first kappa shape index (κ1) is 25.2. The van der Waals surface area contributed by atoms with Gasteiger partial charge < -0.3 is 15.4 Å². The molecule has 1 aromatic heterocycles. The zero-order valence-corrected chi connectivity index (χ0v) is 19.5. The predicted molar refractivity (Wildman–Crippen MR) is 114 cm³/mol. The van der Waals surface area contributed by atoms with Crippen LogP contribution in [0.1, 0.15) is 63.9 Å². The van der Waals surface area contributed by atoms with E-state index < -0.39 is 24.2 Å². The Morgan fingerprint density at radius 1 is 1.29 bits per heavy atom. The lowest BCUT2D eigenvalue weighted by Gasteiger charge is -2.35. The van der Waals surface area contributed by atoms with Crippen molar-refractivity contribution in [2.45, 2.75) is 65.1 Å². The van der Waals surface area contributed by atoms with E-state index in [1.807, 2.05) is 20.8 Å². The Hall–Kier alpha value is -2.10. The predicted octanol–water partition coefficient (Wildman–Crippen LogP) is 4.89. The van der Waals surface area contributed by atoms with Crippen molar-refractivity contribution in [1.29, 1.82) is 0 Å². The van der Waals surface area contributed by atoms with Crippen molar-refractivity contribution in [3.63, 3.8) is 0 Å². The molecule has 1 aromatic rings. The quantitative estimate of drug-likeness (QED) is 0.500. The number of carbonyl (C=O) groups excluding carboxylic acids is 2. The summed E-state index contributed by atoms with van der Waals surface area (Å²) in [5.74, 6) is -0.533. The Morgan fingerprint density at radius 3 is 2.45 bits per heavy atom. The second-order valence-corrected chi connectivity index (χ2v) is 8.88. The van der Waals surface area contributed by atoms with E-state index in [2.05, 4.69) is 31.5 Å². The van der Waals surface area contributed by atoms with Gasteiger partial charge in [-0.2, -0.15) is 13.2 Å². The highest BCUT2D eigenvalue weighted by Gasteiger charge is 2.39. The molecular formula is C21H27BrF3N3O3. The normalized spacial score (nSPS) is 16.8. The van der Waals surface area contributed by atoms with Crippen molar-refractivity contribution < 1.29 is 27.5 Å². The van der Waals surface area contributed by atoms with Crippen LogP contribution in [-0.2, 0) is 4.79 Å². The average molecular weight is 506 g/mol. The van der Waals surface area contributed by atoms with E-state index in [1.54, 1.807) is 0 Å². The number of ether oxygens (including phenoxy) is 1. The van der Waals surface area contributed by atoms with Crippen molar-refractivity contribution in [1.82, 2.24) is 15.6 Å². The van der Waals surface area contributed by atoms with E-state index in [0.717, 1.165) is 24.5 Å². The number of hydrogen-bond donors (Lipinski definition) is 2. The molecule has 2 amide bonds. The number of rotatable bonds is 9. The smallest absolute Gasteiger partial charge is 0.422 e. The maximum atomic E-state index is 13.0. The molecule has 1 aliphatic carbocycles. The molecular weight excluding hydrogens is 479 g/mol. The fourth-order valence-corrected chi connectivity index (χ4v) is 3.64. The monoisotopic (exact) mass is 505 g/mol. The van der Waals surface area contributed by atoms with Crippen molar-refractivity contribution in [3.05, 3.63) is 33.7 Å². The molecule has 0 saturated heterocycles. The van der Waals surface area contributed by atoms with Crippen LogP contribution < -0.4 is 15.4 Å². The van der Waals surface area contributed by atoms with E-state index in [9.17, 15) is 22.8 Å². The van der Waals surface area contributed by atoms with Crippen LogP contribution in [0.15, 0.2) is 28.0 Å². The molecule has 1 fully saturated rings. The van der Waals surface area contributed by atoms with Crippen LogP contribution in [-0.4, -0.2) is 35.1 Å². The van der Waals surface area contributed by atoms with Crippen LogP contribution in [0.25, 0.3) is 0 Å². The van der Waals surface area contributed by atoms with Gasteiger partial charge in [-0.05, 0) is 48.5 Å². The summed E-state index contributed by atoms with van der Waals surface area (Å²) < 4.78 is 42.5. The fourth-order valence-electron chi connectivity index (χ4n) is 3.31. The first-order valence-corrected chi connectivity index (χ1v) is 10.8.